The van der Waals surface area contributed by atoms with E-state index in [1.165, 1.54) is 0 Å². The molecule has 3 aromatic rings. The van der Waals surface area contributed by atoms with Gasteiger partial charge in [-0.15, -0.1) is 0 Å². The highest BCUT2D eigenvalue weighted by Gasteiger charge is 2.28. The number of carbonyl (C=O) groups excluding carboxylic acids is 1. The van der Waals surface area contributed by atoms with Gasteiger partial charge in [0.25, 0.3) is 5.91 Å². The molecule has 0 bridgehead atoms. The van der Waals surface area contributed by atoms with Crippen LogP contribution in [0.15, 0.2) is 34.7 Å². The smallest absolute Gasteiger partial charge is 0.290 e. The summed E-state index contributed by atoms with van der Waals surface area (Å²) in [5.41, 5.74) is 4.85. The van der Waals surface area contributed by atoms with E-state index in [0.29, 0.717) is 18.8 Å². The molecule has 0 saturated heterocycles. The Hall–Kier alpha value is -3.02. The van der Waals surface area contributed by atoms with Crippen LogP contribution in [0.2, 0.25) is 0 Å². The monoisotopic (exact) mass is 351 g/mol. The summed E-state index contributed by atoms with van der Waals surface area (Å²) in [5, 5.41) is 7.61. The van der Waals surface area contributed by atoms with Gasteiger partial charge in [-0.3, -0.25) is 9.89 Å². The van der Waals surface area contributed by atoms with Crippen LogP contribution in [-0.2, 0) is 13.0 Å². The number of benzene rings is 1. The van der Waals surface area contributed by atoms with Gasteiger partial charge in [0.15, 0.2) is 5.76 Å². The van der Waals surface area contributed by atoms with Crippen LogP contribution in [0.1, 0.15) is 33.1 Å². The van der Waals surface area contributed by atoms with Crippen molar-refractivity contribution >= 4 is 5.91 Å². The summed E-state index contributed by atoms with van der Waals surface area (Å²) in [6, 6.07) is 9.69. The number of carbonyl (C=O) groups is 1. The molecule has 1 aliphatic rings. The molecule has 1 aliphatic heterocycles. The van der Waals surface area contributed by atoms with E-state index in [0.717, 1.165) is 46.0 Å². The summed E-state index contributed by atoms with van der Waals surface area (Å²) in [5.74, 6) is 1.89. The van der Waals surface area contributed by atoms with Crippen LogP contribution in [0.25, 0.3) is 11.3 Å². The van der Waals surface area contributed by atoms with E-state index in [-0.39, 0.29) is 5.91 Å². The number of aromatic nitrogens is 2. The van der Waals surface area contributed by atoms with Crippen molar-refractivity contribution in [3.05, 3.63) is 58.7 Å². The van der Waals surface area contributed by atoms with Crippen LogP contribution in [0.5, 0.6) is 5.75 Å². The first-order valence-corrected chi connectivity index (χ1v) is 8.63. The molecule has 4 rings (SSSR count). The molecule has 2 aromatic heterocycles. The molecule has 0 aliphatic carbocycles. The molecule has 1 N–H and O–H groups in total. The first-order valence-electron chi connectivity index (χ1n) is 8.63. The fraction of sp³-hybridized carbons (Fsp3) is 0.300. The minimum Gasteiger partial charge on any atom is -0.497 e. The van der Waals surface area contributed by atoms with Gasteiger partial charge in [-0.1, -0.05) is 12.1 Å². The molecule has 134 valence electrons. The lowest BCUT2D eigenvalue weighted by molar-refractivity contribution is 0.0700. The van der Waals surface area contributed by atoms with Crippen molar-refractivity contribution in [1.29, 1.82) is 0 Å². The quantitative estimate of drug-likeness (QED) is 0.784. The summed E-state index contributed by atoms with van der Waals surface area (Å²) in [6.07, 6.45) is 0.747. The maximum Gasteiger partial charge on any atom is 0.290 e. The number of nitrogens with one attached hydrogen (secondary N) is 1. The van der Waals surface area contributed by atoms with Crippen LogP contribution < -0.4 is 4.74 Å². The number of hydrogen-bond acceptors (Lipinski definition) is 4. The van der Waals surface area contributed by atoms with Gasteiger partial charge in [0, 0.05) is 35.3 Å². The zero-order valence-corrected chi connectivity index (χ0v) is 15.1. The molecule has 26 heavy (non-hydrogen) atoms. The molecule has 1 amide bonds. The second kappa shape index (κ2) is 6.37. The predicted octanol–water partition coefficient (Wildman–Crippen LogP) is 3.49. The van der Waals surface area contributed by atoms with E-state index in [9.17, 15) is 4.79 Å². The molecule has 1 aromatic carbocycles. The second-order valence-electron chi connectivity index (χ2n) is 6.61. The molecule has 3 heterocycles. The molecule has 0 unspecified atom stereocenters. The lowest BCUT2D eigenvalue weighted by Gasteiger charge is -2.26. The van der Waals surface area contributed by atoms with E-state index in [1.54, 1.807) is 7.11 Å². The van der Waals surface area contributed by atoms with Crippen molar-refractivity contribution in [2.75, 3.05) is 13.7 Å². The first-order chi connectivity index (χ1) is 12.6. The van der Waals surface area contributed by atoms with E-state index < -0.39 is 0 Å². The molecule has 0 radical (unpaired) electrons. The van der Waals surface area contributed by atoms with Crippen LogP contribution in [0.3, 0.4) is 0 Å². The Kier molecular flexibility index (Phi) is 4.03. The number of methoxy groups -OCH3 is 1. The molecule has 0 fully saturated rings. The van der Waals surface area contributed by atoms with Gasteiger partial charge in [-0.2, -0.15) is 5.10 Å². The van der Waals surface area contributed by atoms with Gasteiger partial charge in [0.05, 0.1) is 19.3 Å². The predicted molar refractivity (Wildman–Crippen MR) is 97.2 cm³/mol. The normalized spacial score (nSPS) is 13.6. The Labute approximate surface area is 151 Å². The van der Waals surface area contributed by atoms with Gasteiger partial charge in [-0.25, -0.2) is 0 Å². The number of H-pyrrole nitrogens is 1. The van der Waals surface area contributed by atoms with Crippen LogP contribution in [-0.4, -0.2) is 34.7 Å². The van der Waals surface area contributed by atoms with Crippen LogP contribution in [0.4, 0.5) is 0 Å². The summed E-state index contributed by atoms with van der Waals surface area (Å²) in [4.78, 5) is 14.7. The summed E-state index contributed by atoms with van der Waals surface area (Å²) in [6.45, 7) is 4.91. The summed E-state index contributed by atoms with van der Waals surface area (Å²) >= 11 is 0. The first kappa shape index (κ1) is 16.4. The average molecular weight is 351 g/mol. The van der Waals surface area contributed by atoms with Crippen LogP contribution >= 0.6 is 0 Å². The second-order valence-corrected chi connectivity index (χ2v) is 6.61. The summed E-state index contributed by atoms with van der Waals surface area (Å²) in [7, 11) is 1.65. The molecule has 6 heteroatoms. The standard InChI is InChI=1S/C20H21N3O3/c1-12-9-13(2)26-19(12)20(24)23-8-7-17-16(11-23)18(22-21-17)14-5-4-6-15(10-14)25-3/h4-6,9-10H,7-8,11H2,1-3H3,(H,21,22). The minimum atomic E-state index is -0.0703. The SMILES string of the molecule is COc1cccc(-c2n[nH]c3c2CN(C(=O)c2oc(C)cc2C)CC3)c1. The fourth-order valence-corrected chi connectivity index (χ4v) is 3.47. The molecule has 0 spiro atoms. The fourth-order valence-electron chi connectivity index (χ4n) is 3.47. The third-order valence-corrected chi connectivity index (χ3v) is 4.80. The number of amides is 1. The largest absolute Gasteiger partial charge is 0.497 e. The maximum atomic E-state index is 12.9. The maximum absolute atomic E-state index is 12.9. The molecule has 0 saturated carbocycles. The van der Waals surface area contributed by atoms with Crippen LogP contribution in [0, 0.1) is 13.8 Å². The zero-order valence-electron chi connectivity index (χ0n) is 15.1. The van der Waals surface area contributed by atoms with Crippen molar-refractivity contribution in [1.82, 2.24) is 15.1 Å². The lowest BCUT2D eigenvalue weighted by Crippen LogP contribution is -2.36. The van der Waals surface area contributed by atoms with Crippen molar-refractivity contribution in [2.45, 2.75) is 26.8 Å². The third-order valence-electron chi connectivity index (χ3n) is 4.80. The average Bonchev–Trinajstić information content (AvgIpc) is 3.23. The minimum absolute atomic E-state index is 0.0703. The number of ether oxygens (including phenoxy) is 1. The van der Waals surface area contributed by atoms with Gasteiger partial charge in [0.1, 0.15) is 11.5 Å². The number of rotatable bonds is 3. The summed E-state index contributed by atoms with van der Waals surface area (Å²) < 4.78 is 10.9. The topological polar surface area (TPSA) is 71.4 Å². The highest BCUT2D eigenvalue weighted by atomic mass is 16.5. The number of hydrogen-bond donors (Lipinski definition) is 1. The van der Waals surface area contributed by atoms with Gasteiger partial charge < -0.3 is 14.1 Å². The third kappa shape index (κ3) is 2.77. The molecular weight excluding hydrogens is 330 g/mol. The van der Waals surface area contributed by atoms with Gasteiger partial charge >= 0.3 is 0 Å². The number of furan rings is 1. The van der Waals surface area contributed by atoms with Crippen molar-refractivity contribution in [2.24, 2.45) is 0 Å². The number of fused-ring (bicyclic) bond motifs is 1. The van der Waals surface area contributed by atoms with Gasteiger partial charge in [0.2, 0.25) is 0 Å². The number of aromatic amines is 1. The Morgan fingerprint density at radius 1 is 1.31 bits per heavy atom. The highest BCUT2D eigenvalue weighted by Crippen LogP contribution is 2.31. The number of aryl methyl sites for hydroxylation is 2. The molecular formula is C20H21N3O3. The van der Waals surface area contributed by atoms with E-state index in [1.807, 2.05) is 49.1 Å². The van der Waals surface area contributed by atoms with Gasteiger partial charge in [-0.05, 0) is 32.0 Å². The Morgan fingerprint density at radius 2 is 2.15 bits per heavy atom. The van der Waals surface area contributed by atoms with E-state index in [4.69, 9.17) is 9.15 Å². The van der Waals surface area contributed by atoms with Crippen molar-refractivity contribution < 1.29 is 13.9 Å². The Balaban J connectivity index is 1.65. The highest BCUT2D eigenvalue weighted by molar-refractivity contribution is 5.93. The van der Waals surface area contributed by atoms with E-state index >= 15 is 0 Å². The van der Waals surface area contributed by atoms with Crippen molar-refractivity contribution in [3.8, 4) is 17.0 Å². The Morgan fingerprint density at radius 3 is 2.88 bits per heavy atom. The molecule has 0 atom stereocenters. The number of nitrogens with zero attached hydrogens (tertiary/aromatic N) is 2. The zero-order chi connectivity index (χ0) is 18.3. The van der Waals surface area contributed by atoms with E-state index in [2.05, 4.69) is 10.2 Å². The van der Waals surface area contributed by atoms with Crippen molar-refractivity contribution in [3.63, 3.8) is 0 Å². The molecule has 6 nitrogen and oxygen atoms in total. The lowest BCUT2D eigenvalue weighted by atomic mass is 10.0. The Bertz CT molecular complexity index is 971.